The number of hydrogen-bond acceptors (Lipinski definition) is 4. The van der Waals surface area contributed by atoms with Crippen LogP contribution in [0.2, 0.25) is 0 Å². The molecule has 0 aliphatic carbocycles. The Labute approximate surface area is 168 Å². The van der Waals surface area contributed by atoms with E-state index < -0.39 is 46.3 Å². The van der Waals surface area contributed by atoms with E-state index in [1.807, 2.05) is 0 Å². The normalized spacial score (nSPS) is 10.5. The molecule has 0 saturated carbocycles. The van der Waals surface area contributed by atoms with Gasteiger partial charge < -0.3 is 9.47 Å². The standard InChI is InChI=1S/C22H14F4O4/c23-15-6-2-7-16(24)19(15)21(27)29-11-13-4-1-5-14(10-13)12-30-22(28)20-17(25)8-3-9-18(20)26/h1-10H,11-12H2. The Morgan fingerprint density at radius 1 is 0.600 bits per heavy atom. The van der Waals surface area contributed by atoms with Crippen LogP contribution in [0.1, 0.15) is 31.8 Å². The molecular weight excluding hydrogens is 404 g/mol. The molecule has 0 radical (unpaired) electrons. The van der Waals surface area contributed by atoms with Crippen LogP contribution in [-0.4, -0.2) is 11.9 Å². The van der Waals surface area contributed by atoms with Crippen molar-refractivity contribution in [3.05, 3.63) is 106 Å². The average Bonchev–Trinajstić information content (AvgIpc) is 2.71. The smallest absolute Gasteiger partial charge is 0.344 e. The fourth-order valence-corrected chi connectivity index (χ4v) is 2.64. The van der Waals surface area contributed by atoms with Crippen LogP contribution in [0.3, 0.4) is 0 Å². The minimum Gasteiger partial charge on any atom is -0.457 e. The highest BCUT2D eigenvalue weighted by Crippen LogP contribution is 2.17. The number of benzene rings is 3. The number of rotatable bonds is 6. The van der Waals surface area contributed by atoms with Gasteiger partial charge in [0.2, 0.25) is 0 Å². The molecule has 3 aromatic rings. The SMILES string of the molecule is O=C(OCc1cccc(COC(=O)c2c(F)cccc2F)c1)c1c(F)cccc1F. The predicted octanol–water partition coefficient (Wildman–Crippen LogP) is 4.96. The second kappa shape index (κ2) is 9.21. The molecule has 0 aliphatic rings. The number of carbonyl (C=O) groups excluding carboxylic acids is 2. The Kier molecular flexibility index (Phi) is 6.46. The first-order chi connectivity index (χ1) is 14.4. The third kappa shape index (κ3) is 4.83. The molecule has 3 rings (SSSR count). The fraction of sp³-hybridized carbons (Fsp3) is 0.0909. The van der Waals surface area contributed by atoms with Gasteiger partial charge >= 0.3 is 11.9 Å². The van der Waals surface area contributed by atoms with Gasteiger partial charge in [0.15, 0.2) is 0 Å². The zero-order chi connectivity index (χ0) is 21.7. The highest BCUT2D eigenvalue weighted by Gasteiger charge is 2.20. The average molecular weight is 418 g/mol. The summed E-state index contributed by atoms with van der Waals surface area (Å²) >= 11 is 0. The summed E-state index contributed by atoms with van der Waals surface area (Å²) in [5.74, 6) is -6.50. The molecule has 0 saturated heterocycles. The van der Waals surface area contributed by atoms with Crippen molar-refractivity contribution in [1.82, 2.24) is 0 Å². The van der Waals surface area contributed by atoms with Crippen molar-refractivity contribution in [2.45, 2.75) is 13.2 Å². The van der Waals surface area contributed by atoms with Crippen LogP contribution >= 0.6 is 0 Å². The van der Waals surface area contributed by atoms with E-state index in [1.54, 1.807) is 18.2 Å². The lowest BCUT2D eigenvalue weighted by Crippen LogP contribution is -2.11. The molecule has 0 unspecified atom stereocenters. The molecule has 0 amide bonds. The molecule has 3 aromatic carbocycles. The second-order valence-corrected chi connectivity index (χ2v) is 6.17. The van der Waals surface area contributed by atoms with Gasteiger partial charge in [-0.2, -0.15) is 0 Å². The fourth-order valence-electron chi connectivity index (χ4n) is 2.64. The maximum atomic E-state index is 13.6. The molecule has 30 heavy (non-hydrogen) atoms. The molecule has 0 atom stereocenters. The summed E-state index contributed by atoms with van der Waals surface area (Å²) in [7, 11) is 0. The van der Waals surface area contributed by atoms with Gasteiger partial charge in [0.05, 0.1) is 0 Å². The molecule has 4 nitrogen and oxygen atoms in total. The summed E-state index contributed by atoms with van der Waals surface area (Å²) in [5, 5.41) is 0. The van der Waals surface area contributed by atoms with Crippen molar-refractivity contribution in [2.24, 2.45) is 0 Å². The van der Waals surface area contributed by atoms with E-state index in [0.29, 0.717) is 11.1 Å². The van der Waals surface area contributed by atoms with Crippen LogP contribution in [0.15, 0.2) is 60.7 Å². The summed E-state index contributed by atoms with van der Waals surface area (Å²) in [6.45, 7) is -0.591. The van der Waals surface area contributed by atoms with E-state index in [-0.39, 0.29) is 13.2 Å². The lowest BCUT2D eigenvalue weighted by atomic mass is 10.1. The quantitative estimate of drug-likeness (QED) is 0.420. The van der Waals surface area contributed by atoms with E-state index in [1.165, 1.54) is 6.07 Å². The minimum absolute atomic E-state index is 0.295. The Balaban J connectivity index is 1.62. The Bertz CT molecular complexity index is 975. The van der Waals surface area contributed by atoms with Crippen molar-refractivity contribution < 1.29 is 36.6 Å². The lowest BCUT2D eigenvalue weighted by molar-refractivity contribution is 0.0459. The van der Waals surface area contributed by atoms with Crippen LogP contribution in [0.25, 0.3) is 0 Å². The van der Waals surface area contributed by atoms with Crippen LogP contribution in [0, 0.1) is 23.3 Å². The third-order valence-corrected chi connectivity index (χ3v) is 4.07. The van der Waals surface area contributed by atoms with Gasteiger partial charge in [0, 0.05) is 0 Å². The van der Waals surface area contributed by atoms with Crippen molar-refractivity contribution in [1.29, 1.82) is 0 Å². The molecule has 0 bridgehead atoms. The summed E-state index contributed by atoms with van der Waals surface area (Å²) in [4.78, 5) is 23.9. The molecule has 0 heterocycles. The van der Waals surface area contributed by atoms with Crippen molar-refractivity contribution in [2.75, 3.05) is 0 Å². The molecule has 8 heteroatoms. The molecule has 0 N–H and O–H groups in total. The van der Waals surface area contributed by atoms with E-state index in [4.69, 9.17) is 9.47 Å². The van der Waals surface area contributed by atoms with Gasteiger partial charge in [-0.1, -0.05) is 30.3 Å². The molecule has 0 fully saturated rings. The van der Waals surface area contributed by atoms with E-state index in [9.17, 15) is 27.2 Å². The Hall–Kier alpha value is -3.68. The van der Waals surface area contributed by atoms with Gasteiger partial charge in [0.1, 0.15) is 47.6 Å². The van der Waals surface area contributed by atoms with Crippen LogP contribution in [-0.2, 0) is 22.7 Å². The molecule has 154 valence electrons. The van der Waals surface area contributed by atoms with Crippen LogP contribution in [0.4, 0.5) is 17.6 Å². The third-order valence-electron chi connectivity index (χ3n) is 4.07. The van der Waals surface area contributed by atoms with Crippen LogP contribution < -0.4 is 0 Å². The topological polar surface area (TPSA) is 52.6 Å². The number of esters is 2. The van der Waals surface area contributed by atoms with Crippen molar-refractivity contribution >= 4 is 11.9 Å². The maximum Gasteiger partial charge on any atom is 0.344 e. The molecule has 0 spiro atoms. The highest BCUT2D eigenvalue weighted by atomic mass is 19.1. The first-order valence-corrected chi connectivity index (χ1v) is 8.67. The first-order valence-electron chi connectivity index (χ1n) is 8.67. The van der Waals surface area contributed by atoms with E-state index >= 15 is 0 Å². The van der Waals surface area contributed by atoms with Gasteiger partial charge in [-0.15, -0.1) is 0 Å². The van der Waals surface area contributed by atoms with Crippen molar-refractivity contribution in [3.63, 3.8) is 0 Å². The monoisotopic (exact) mass is 418 g/mol. The zero-order valence-electron chi connectivity index (χ0n) is 15.3. The Morgan fingerprint density at radius 3 is 1.30 bits per heavy atom. The van der Waals surface area contributed by atoms with Gasteiger partial charge in [0.25, 0.3) is 0 Å². The van der Waals surface area contributed by atoms with Crippen molar-refractivity contribution in [3.8, 4) is 0 Å². The lowest BCUT2D eigenvalue weighted by Gasteiger charge is -2.09. The van der Waals surface area contributed by atoms with Crippen LogP contribution in [0.5, 0.6) is 0 Å². The van der Waals surface area contributed by atoms with Gasteiger partial charge in [-0.3, -0.25) is 0 Å². The number of hydrogen-bond donors (Lipinski definition) is 0. The highest BCUT2D eigenvalue weighted by molar-refractivity contribution is 5.90. The van der Waals surface area contributed by atoms with Gasteiger partial charge in [-0.05, 0) is 41.5 Å². The van der Waals surface area contributed by atoms with E-state index in [0.717, 1.165) is 36.4 Å². The summed E-state index contributed by atoms with van der Waals surface area (Å²) < 4.78 is 64.3. The van der Waals surface area contributed by atoms with E-state index in [2.05, 4.69) is 0 Å². The number of ether oxygens (including phenoxy) is 2. The first kappa shape index (κ1) is 21.0. The number of halogens is 4. The summed E-state index contributed by atoms with van der Waals surface area (Å²) in [6, 6.07) is 12.2. The molecule has 0 aliphatic heterocycles. The maximum absolute atomic E-state index is 13.6. The minimum atomic E-state index is -1.17. The molecule has 0 aromatic heterocycles. The molecular formula is C22H14F4O4. The Morgan fingerprint density at radius 2 is 0.933 bits per heavy atom. The predicted molar refractivity (Wildman–Crippen MR) is 97.4 cm³/mol. The van der Waals surface area contributed by atoms with Gasteiger partial charge in [-0.25, -0.2) is 27.2 Å². The number of carbonyl (C=O) groups is 2. The largest absolute Gasteiger partial charge is 0.457 e. The second-order valence-electron chi connectivity index (χ2n) is 6.17. The summed E-state index contributed by atoms with van der Waals surface area (Å²) in [5.41, 5.74) is -0.694. The summed E-state index contributed by atoms with van der Waals surface area (Å²) in [6.07, 6.45) is 0. The zero-order valence-corrected chi connectivity index (χ0v) is 15.3.